The van der Waals surface area contributed by atoms with Crippen molar-refractivity contribution in [3.8, 4) is 5.75 Å². The molecule has 2 aliphatic rings. The topological polar surface area (TPSA) is 64.1 Å². The Bertz CT molecular complexity index is 609. The van der Waals surface area contributed by atoms with Gasteiger partial charge in [0.15, 0.2) is 5.96 Å². The van der Waals surface area contributed by atoms with Crippen LogP contribution in [0.5, 0.6) is 5.75 Å². The Labute approximate surface area is 162 Å². The summed E-state index contributed by atoms with van der Waals surface area (Å²) < 4.78 is 17.3. The SMILES string of the molecule is CCNC(=NCc1ccc(C)cc1OCC1CCOC1)NCC1CCCO1. The van der Waals surface area contributed by atoms with Crippen LogP contribution in [0, 0.1) is 12.8 Å². The van der Waals surface area contributed by atoms with Gasteiger partial charge in [-0.2, -0.15) is 0 Å². The molecule has 0 radical (unpaired) electrons. The number of aryl methyl sites for hydroxylation is 1. The summed E-state index contributed by atoms with van der Waals surface area (Å²) >= 11 is 0. The van der Waals surface area contributed by atoms with E-state index < -0.39 is 0 Å². The maximum atomic E-state index is 6.13. The van der Waals surface area contributed by atoms with Gasteiger partial charge < -0.3 is 24.8 Å². The fraction of sp³-hybridized carbons (Fsp3) is 0.667. The van der Waals surface area contributed by atoms with Crippen LogP contribution in [0.4, 0.5) is 0 Å². The molecule has 0 saturated carbocycles. The first-order chi connectivity index (χ1) is 13.2. The molecule has 3 rings (SSSR count). The maximum absolute atomic E-state index is 6.13. The average molecular weight is 376 g/mol. The van der Waals surface area contributed by atoms with Gasteiger partial charge in [0.1, 0.15) is 5.75 Å². The van der Waals surface area contributed by atoms with E-state index in [1.54, 1.807) is 0 Å². The monoisotopic (exact) mass is 375 g/mol. The first-order valence-corrected chi connectivity index (χ1v) is 10.2. The van der Waals surface area contributed by atoms with E-state index in [1.807, 2.05) is 0 Å². The molecule has 0 aromatic heterocycles. The summed E-state index contributed by atoms with van der Waals surface area (Å²) in [4.78, 5) is 4.75. The Balaban J connectivity index is 1.59. The normalized spacial score (nSPS) is 22.8. The van der Waals surface area contributed by atoms with Crippen LogP contribution in [0.3, 0.4) is 0 Å². The van der Waals surface area contributed by atoms with Gasteiger partial charge in [-0.1, -0.05) is 12.1 Å². The van der Waals surface area contributed by atoms with Crippen LogP contribution in [-0.2, 0) is 16.0 Å². The molecule has 2 unspecified atom stereocenters. The predicted molar refractivity (Wildman–Crippen MR) is 107 cm³/mol. The molecule has 6 heteroatoms. The molecule has 2 fully saturated rings. The number of nitrogens with zero attached hydrogens (tertiary/aromatic N) is 1. The molecule has 2 N–H and O–H groups in total. The van der Waals surface area contributed by atoms with Crippen LogP contribution >= 0.6 is 0 Å². The Morgan fingerprint density at radius 2 is 2.19 bits per heavy atom. The van der Waals surface area contributed by atoms with E-state index in [1.165, 1.54) is 5.56 Å². The van der Waals surface area contributed by atoms with Gasteiger partial charge in [-0.3, -0.25) is 0 Å². The van der Waals surface area contributed by atoms with Crippen molar-refractivity contribution in [3.05, 3.63) is 29.3 Å². The molecule has 2 aliphatic heterocycles. The number of aliphatic imine (C=N–C) groups is 1. The Hall–Kier alpha value is -1.79. The molecule has 0 aliphatic carbocycles. The van der Waals surface area contributed by atoms with Gasteiger partial charge in [0.05, 0.1) is 25.9 Å². The molecular formula is C21H33N3O3. The first kappa shape index (κ1) is 20.0. The van der Waals surface area contributed by atoms with Gasteiger partial charge in [0, 0.05) is 37.8 Å². The lowest BCUT2D eigenvalue weighted by molar-refractivity contribution is 0.114. The highest BCUT2D eigenvalue weighted by Crippen LogP contribution is 2.23. The smallest absolute Gasteiger partial charge is 0.191 e. The van der Waals surface area contributed by atoms with Crippen molar-refractivity contribution in [2.45, 2.75) is 45.8 Å². The number of hydrogen-bond acceptors (Lipinski definition) is 4. The molecule has 1 aromatic carbocycles. The average Bonchev–Trinajstić information content (AvgIpc) is 3.37. The van der Waals surface area contributed by atoms with E-state index in [0.717, 1.165) is 69.4 Å². The van der Waals surface area contributed by atoms with Crippen molar-refractivity contribution in [2.24, 2.45) is 10.9 Å². The second-order valence-electron chi connectivity index (χ2n) is 7.36. The van der Waals surface area contributed by atoms with Gasteiger partial charge in [0.2, 0.25) is 0 Å². The number of hydrogen-bond donors (Lipinski definition) is 2. The lowest BCUT2D eigenvalue weighted by atomic mass is 10.1. The fourth-order valence-corrected chi connectivity index (χ4v) is 3.37. The number of benzene rings is 1. The zero-order valence-corrected chi connectivity index (χ0v) is 16.6. The quantitative estimate of drug-likeness (QED) is 0.540. The summed E-state index contributed by atoms with van der Waals surface area (Å²) in [5.41, 5.74) is 2.30. The van der Waals surface area contributed by atoms with Crippen molar-refractivity contribution in [1.82, 2.24) is 10.6 Å². The van der Waals surface area contributed by atoms with E-state index in [9.17, 15) is 0 Å². The third kappa shape index (κ3) is 6.40. The van der Waals surface area contributed by atoms with E-state index in [-0.39, 0.29) is 0 Å². The summed E-state index contributed by atoms with van der Waals surface area (Å²) in [6.07, 6.45) is 3.64. The first-order valence-electron chi connectivity index (χ1n) is 10.2. The molecule has 1 aromatic rings. The molecule has 0 amide bonds. The highest BCUT2D eigenvalue weighted by atomic mass is 16.5. The number of nitrogens with one attached hydrogen (secondary N) is 2. The van der Waals surface area contributed by atoms with Crippen LogP contribution in [0.15, 0.2) is 23.2 Å². The van der Waals surface area contributed by atoms with Crippen LogP contribution in [0.25, 0.3) is 0 Å². The minimum absolute atomic E-state index is 0.292. The molecule has 2 atom stereocenters. The van der Waals surface area contributed by atoms with E-state index in [2.05, 4.69) is 42.7 Å². The largest absolute Gasteiger partial charge is 0.493 e. The molecule has 6 nitrogen and oxygen atoms in total. The summed E-state index contributed by atoms with van der Waals surface area (Å²) in [6, 6.07) is 6.33. The standard InChI is InChI=1S/C21H33N3O3/c1-3-22-21(24-13-19-5-4-9-26-19)23-12-18-7-6-16(2)11-20(18)27-15-17-8-10-25-14-17/h6-7,11,17,19H,3-5,8-10,12-15H2,1-2H3,(H2,22,23,24). The zero-order valence-electron chi connectivity index (χ0n) is 16.6. The summed E-state index contributed by atoms with van der Waals surface area (Å²) in [5.74, 6) is 2.25. The van der Waals surface area contributed by atoms with Crippen LogP contribution in [0.2, 0.25) is 0 Å². The van der Waals surface area contributed by atoms with Crippen molar-refractivity contribution in [3.63, 3.8) is 0 Å². The zero-order chi connectivity index (χ0) is 18.9. The molecule has 2 saturated heterocycles. The summed E-state index contributed by atoms with van der Waals surface area (Å²) in [7, 11) is 0. The maximum Gasteiger partial charge on any atom is 0.191 e. The lowest BCUT2D eigenvalue weighted by Crippen LogP contribution is -2.41. The highest BCUT2D eigenvalue weighted by Gasteiger charge is 2.17. The number of rotatable bonds is 8. The molecule has 2 heterocycles. The van der Waals surface area contributed by atoms with Gasteiger partial charge in [-0.25, -0.2) is 4.99 Å². The van der Waals surface area contributed by atoms with Gasteiger partial charge >= 0.3 is 0 Å². The van der Waals surface area contributed by atoms with Crippen LogP contribution in [-0.4, -0.2) is 51.6 Å². The van der Waals surface area contributed by atoms with Gasteiger partial charge in [0.25, 0.3) is 0 Å². The second-order valence-corrected chi connectivity index (χ2v) is 7.36. The molecule has 150 valence electrons. The lowest BCUT2D eigenvalue weighted by Gasteiger charge is -2.16. The molecular weight excluding hydrogens is 342 g/mol. The van der Waals surface area contributed by atoms with Gasteiger partial charge in [-0.05, 0) is 44.7 Å². The van der Waals surface area contributed by atoms with E-state index >= 15 is 0 Å². The Morgan fingerprint density at radius 3 is 2.93 bits per heavy atom. The van der Waals surface area contributed by atoms with Crippen molar-refractivity contribution in [1.29, 1.82) is 0 Å². The summed E-state index contributed by atoms with van der Waals surface area (Å²) in [5, 5.41) is 6.71. The number of guanidine groups is 1. The Morgan fingerprint density at radius 1 is 1.26 bits per heavy atom. The minimum atomic E-state index is 0.292. The van der Waals surface area contributed by atoms with Gasteiger partial charge in [-0.15, -0.1) is 0 Å². The summed E-state index contributed by atoms with van der Waals surface area (Å²) in [6.45, 7) is 9.60. The van der Waals surface area contributed by atoms with Crippen molar-refractivity contribution < 1.29 is 14.2 Å². The number of ether oxygens (including phenoxy) is 3. The molecule has 27 heavy (non-hydrogen) atoms. The van der Waals surface area contributed by atoms with Crippen LogP contribution in [0.1, 0.15) is 37.3 Å². The Kier molecular flexibility index (Phi) is 7.78. The minimum Gasteiger partial charge on any atom is -0.493 e. The highest BCUT2D eigenvalue weighted by molar-refractivity contribution is 5.79. The second kappa shape index (κ2) is 10.5. The third-order valence-electron chi connectivity index (χ3n) is 4.99. The predicted octanol–water partition coefficient (Wildman–Crippen LogP) is 2.64. The van der Waals surface area contributed by atoms with Crippen LogP contribution < -0.4 is 15.4 Å². The third-order valence-corrected chi connectivity index (χ3v) is 4.99. The van der Waals surface area contributed by atoms with E-state index in [4.69, 9.17) is 19.2 Å². The molecule has 0 spiro atoms. The van der Waals surface area contributed by atoms with Crippen molar-refractivity contribution >= 4 is 5.96 Å². The van der Waals surface area contributed by atoms with Crippen molar-refractivity contribution in [2.75, 3.05) is 39.5 Å². The fourth-order valence-electron chi connectivity index (χ4n) is 3.37. The van der Waals surface area contributed by atoms with E-state index in [0.29, 0.717) is 25.2 Å². The molecule has 0 bridgehead atoms.